The van der Waals surface area contributed by atoms with Crippen molar-refractivity contribution in [2.24, 2.45) is 7.05 Å². The van der Waals surface area contributed by atoms with E-state index in [1.54, 1.807) is 19.5 Å². The van der Waals surface area contributed by atoms with Gasteiger partial charge in [-0.15, -0.1) is 0 Å². The molecule has 0 aliphatic carbocycles. The number of benzene rings is 1. The Kier molecular flexibility index (Phi) is 4.49. The Morgan fingerprint density at radius 3 is 2.74 bits per heavy atom. The number of aryl methyl sites for hydroxylation is 1. The molecule has 0 fully saturated rings. The average Bonchev–Trinajstić information content (AvgIpc) is 3.01. The van der Waals surface area contributed by atoms with Crippen LogP contribution < -0.4 is 4.74 Å². The van der Waals surface area contributed by atoms with Gasteiger partial charge < -0.3 is 4.74 Å². The van der Waals surface area contributed by atoms with Crippen molar-refractivity contribution in [3.8, 4) is 16.9 Å². The van der Waals surface area contributed by atoms with Crippen LogP contribution >= 0.6 is 11.6 Å². The summed E-state index contributed by atoms with van der Waals surface area (Å²) in [7, 11) is 3.60. The van der Waals surface area contributed by atoms with Gasteiger partial charge in [-0.3, -0.25) is 4.68 Å². The van der Waals surface area contributed by atoms with Gasteiger partial charge in [0.15, 0.2) is 5.15 Å². The number of ether oxygens (including phenoxy) is 1. The van der Waals surface area contributed by atoms with Crippen molar-refractivity contribution in [1.29, 1.82) is 0 Å². The molecule has 6 nitrogen and oxygen atoms in total. The van der Waals surface area contributed by atoms with Crippen molar-refractivity contribution in [1.82, 2.24) is 24.7 Å². The van der Waals surface area contributed by atoms with Crippen molar-refractivity contribution in [3.63, 3.8) is 0 Å². The maximum Gasteiger partial charge on any atom is 0.155 e. The molecule has 136 valence electrons. The van der Waals surface area contributed by atoms with E-state index in [1.807, 2.05) is 43.0 Å². The van der Waals surface area contributed by atoms with Crippen molar-refractivity contribution < 1.29 is 4.74 Å². The van der Waals surface area contributed by atoms with Gasteiger partial charge in [-0.05, 0) is 24.6 Å². The van der Waals surface area contributed by atoms with E-state index in [9.17, 15) is 0 Å². The highest BCUT2D eigenvalue weighted by Crippen LogP contribution is 2.30. The highest BCUT2D eigenvalue weighted by molar-refractivity contribution is 6.33. The maximum absolute atomic E-state index is 6.16. The lowest BCUT2D eigenvalue weighted by molar-refractivity contribution is 0.410. The van der Waals surface area contributed by atoms with Gasteiger partial charge in [0.05, 0.1) is 13.3 Å². The van der Waals surface area contributed by atoms with Crippen molar-refractivity contribution >= 4 is 22.5 Å². The lowest BCUT2D eigenvalue weighted by Gasteiger charge is -2.11. The van der Waals surface area contributed by atoms with E-state index in [2.05, 4.69) is 26.1 Å². The van der Waals surface area contributed by atoms with Crippen LogP contribution in [0.25, 0.3) is 22.0 Å². The first-order valence-corrected chi connectivity index (χ1v) is 8.86. The monoisotopic (exact) mass is 379 g/mol. The Labute approximate surface area is 161 Å². The summed E-state index contributed by atoms with van der Waals surface area (Å²) >= 11 is 6.16. The summed E-state index contributed by atoms with van der Waals surface area (Å²) in [6.45, 7) is 2.05. The van der Waals surface area contributed by atoms with Gasteiger partial charge in [-0.1, -0.05) is 23.7 Å². The smallest absolute Gasteiger partial charge is 0.155 e. The van der Waals surface area contributed by atoms with E-state index in [0.717, 1.165) is 33.5 Å². The molecule has 0 saturated heterocycles. The zero-order chi connectivity index (χ0) is 19.0. The fourth-order valence-electron chi connectivity index (χ4n) is 3.05. The standard InChI is InChI=1S/C20H18ClN5O/c1-12-16(11-24-26(12)2)13-4-5-14(17(8-13)27-3)9-18-23-10-15-6-7-22-20(21)19(15)25-18/h4-8,10-11H,9H2,1-3H3. The molecule has 0 aliphatic rings. The minimum absolute atomic E-state index is 0.380. The predicted octanol–water partition coefficient (Wildman–Crippen LogP) is 3.99. The molecule has 0 spiro atoms. The molecule has 0 radical (unpaired) electrons. The minimum Gasteiger partial charge on any atom is -0.496 e. The zero-order valence-corrected chi connectivity index (χ0v) is 16.0. The third-order valence-corrected chi connectivity index (χ3v) is 4.96. The largest absolute Gasteiger partial charge is 0.496 e. The number of hydrogen-bond acceptors (Lipinski definition) is 5. The number of halogens is 1. The molecule has 0 N–H and O–H groups in total. The van der Waals surface area contributed by atoms with Crippen LogP contribution in [0.1, 0.15) is 17.1 Å². The second-order valence-corrected chi connectivity index (χ2v) is 6.65. The summed E-state index contributed by atoms with van der Waals surface area (Å²) in [5.41, 5.74) is 4.91. The van der Waals surface area contributed by atoms with E-state index in [4.69, 9.17) is 16.3 Å². The molecule has 3 heterocycles. The maximum atomic E-state index is 6.16. The number of pyridine rings is 1. The highest BCUT2D eigenvalue weighted by atomic mass is 35.5. The molecule has 3 aromatic heterocycles. The van der Waals surface area contributed by atoms with Crippen LogP contribution in [0, 0.1) is 6.92 Å². The normalized spacial score (nSPS) is 11.1. The van der Waals surface area contributed by atoms with Crippen LogP contribution in [0.4, 0.5) is 0 Å². The van der Waals surface area contributed by atoms with Crippen LogP contribution in [0.3, 0.4) is 0 Å². The van der Waals surface area contributed by atoms with Crippen LogP contribution in [-0.4, -0.2) is 31.8 Å². The lowest BCUT2D eigenvalue weighted by atomic mass is 10.0. The number of rotatable bonds is 4. The molecular weight excluding hydrogens is 362 g/mol. The van der Waals surface area contributed by atoms with E-state index in [0.29, 0.717) is 22.9 Å². The number of fused-ring (bicyclic) bond motifs is 1. The third-order valence-electron chi connectivity index (χ3n) is 4.69. The Hall–Kier alpha value is -2.99. The van der Waals surface area contributed by atoms with Gasteiger partial charge in [0, 0.05) is 48.1 Å². The molecule has 7 heteroatoms. The van der Waals surface area contributed by atoms with Gasteiger partial charge in [0.2, 0.25) is 0 Å². The number of methoxy groups -OCH3 is 1. The zero-order valence-electron chi connectivity index (χ0n) is 15.3. The molecule has 4 aromatic rings. The first-order chi connectivity index (χ1) is 13.1. The predicted molar refractivity (Wildman–Crippen MR) is 105 cm³/mol. The topological polar surface area (TPSA) is 65.7 Å². The van der Waals surface area contributed by atoms with Crippen LogP contribution in [0.15, 0.2) is 42.9 Å². The quantitative estimate of drug-likeness (QED) is 0.501. The van der Waals surface area contributed by atoms with Gasteiger partial charge in [-0.25, -0.2) is 15.0 Å². The number of hydrogen-bond donors (Lipinski definition) is 0. The van der Waals surface area contributed by atoms with Gasteiger partial charge in [0.1, 0.15) is 17.1 Å². The summed E-state index contributed by atoms with van der Waals surface area (Å²) < 4.78 is 7.47. The highest BCUT2D eigenvalue weighted by Gasteiger charge is 2.12. The summed E-state index contributed by atoms with van der Waals surface area (Å²) in [6, 6.07) is 7.97. The molecule has 1 aromatic carbocycles. The molecule has 0 unspecified atom stereocenters. The number of aromatic nitrogens is 5. The van der Waals surface area contributed by atoms with Crippen molar-refractivity contribution in [2.75, 3.05) is 7.11 Å². The average molecular weight is 380 g/mol. The Bertz CT molecular complexity index is 1140. The molecule has 27 heavy (non-hydrogen) atoms. The molecule has 4 rings (SSSR count). The van der Waals surface area contributed by atoms with Gasteiger partial charge >= 0.3 is 0 Å². The fraction of sp³-hybridized carbons (Fsp3) is 0.200. The van der Waals surface area contributed by atoms with Gasteiger partial charge in [0.25, 0.3) is 0 Å². The number of nitrogens with zero attached hydrogens (tertiary/aromatic N) is 5. The summed E-state index contributed by atoms with van der Waals surface area (Å²) in [5.74, 6) is 1.46. The molecule has 0 aliphatic heterocycles. The first kappa shape index (κ1) is 17.4. The summed E-state index contributed by atoms with van der Waals surface area (Å²) in [4.78, 5) is 13.1. The first-order valence-electron chi connectivity index (χ1n) is 8.49. The second-order valence-electron chi connectivity index (χ2n) is 6.30. The molecule has 0 saturated carbocycles. The molecular formula is C20H18ClN5O. The Morgan fingerprint density at radius 2 is 2.00 bits per heavy atom. The Morgan fingerprint density at radius 1 is 1.15 bits per heavy atom. The fourth-order valence-corrected chi connectivity index (χ4v) is 3.26. The van der Waals surface area contributed by atoms with E-state index >= 15 is 0 Å². The van der Waals surface area contributed by atoms with Crippen LogP contribution in [-0.2, 0) is 13.5 Å². The van der Waals surface area contributed by atoms with E-state index in [-0.39, 0.29) is 0 Å². The minimum atomic E-state index is 0.380. The Balaban J connectivity index is 1.70. The third kappa shape index (κ3) is 3.24. The second kappa shape index (κ2) is 6.96. The van der Waals surface area contributed by atoms with E-state index < -0.39 is 0 Å². The van der Waals surface area contributed by atoms with Crippen molar-refractivity contribution in [2.45, 2.75) is 13.3 Å². The van der Waals surface area contributed by atoms with Gasteiger partial charge in [-0.2, -0.15) is 5.10 Å². The van der Waals surface area contributed by atoms with E-state index in [1.165, 1.54) is 0 Å². The summed E-state index contributed by atoms with van der Waals surface area (Å²) in [6.07, 6.45) is 5.82. The molecule has 0 bridgehead atoms. The lowest BCUT2D eigenvalue weighted by Crippen LogP contribution is -2.00. The molecule has 0 amide bonds. The molecule has 0 atom stereocenters. The van der Waals surface area contributed by atoms with Crippen molar-refractivity contribution in [3.05, 3.63) is 65.1 Å². The van der Waals surface area contributed by atoms with Crippen LogP contribution in [0.2, 0.25) is 5.15 Å². The van der Waals surface area contributed by atoms with Crippen LogP contribution in [0.5, 0.6) is 5.75 Å². The summed E-state index contributed by atoms with van der Waals surface area (Å²) in [5, 5.41) is 5.56. The SMILES string of the molecule is COc1cc(-c2cnn(C)c2C)ccc1Cc1ncc2ccnc(Cl)c2n1.